The van der Waals surface area contributed by atoms with E-state index in [1.165, 1.54) is 0 Å². The molecule has 3 aromatic rings. The van der Waals surface area contributed by atoms with Crippen LogP contribution in [0.25, 0.3) is 11.0 Å². The molecule has 0 unspecified atom stereocenters. The summed E-state index contributed by atoms with van der Waals surface area (Å²) in [6.07, 6.45) is 3.89. The number of rotatable bonds is 5. The van der Waals surface area contributed by atoms with Crippen LogP contribution in [0.15, 0.2) is 53.6 Å². The van der Waals surface area contributed by atoms with E-state index < -0.39 is 0 Å². The molecule has 2 heterocycles. The summed E-state index contributed by atoms with van der Waals surface area (Å²) in [5.41, 5.74) is 2.53. The number of hydrogen-bond acceptors (Lipinski definition) is 4. The van der Waals surface area contributed by atoms with Crippen molar-refractivity contribution in [3.8, 4) is 0 Å². The van der Waals surface area contributed by atoms with Crippen molar-refractivity contribution in [1.82, 2.24) is 20.3 Å². The summed E-state index contributed by atoms with van der Waals surface area (Å²) < 4.78 is 0. The van der Waals surface area contributed by atoms with Gasteiger partial charge in [0.2, 0.25) is 5.91 Å². The number of fused-ring (bicyclic) bond motifs is 1. The molecular weight excluding hydrogens is 292 g/mol. The third kappa shape index (κ3) is 3.79. The fourth-order valence-corrected chi connectivity index (χ4v) is 2.26. The first-order valence-corrected chi connectivity index (χ1v) is 7.36. The number of H-pyrrole nitrogens is 1. The molecule has 23 heavy (non-hydrogen) atoms. The Balaban J connectivity index is 1.60. The van der Waals surface area contributed by atoms with Crippen LogP contribution >= 0.6 is 0 Å². The molecule has 0 saturated carbocycles. The van der Waals surface area contributed by atoms with Gasteiger partial charge in [-0.2, -0.15) is 0 Å². The van der Waals surface area contributed by atoms with Gasteiger partial charge in [-0.1, -0.05) is 12.1 Å². The standard InChI is InChI=1S/C17H16N4O2/c22-16(19-11-12-7-9-18-10-8-12)6-5-15-17(23)21-14-4-2-1-3-13(14)20-15/h1-4,7-10H,5-6,11H2,(H,19,22)(H,21,23). The minimum atomic E-state index is -0.245. The maximum atomic E-state index is 12.0. The molecule has 0 spiro atoms. The summed E-state index contributed by atoms with van der Waals surface area (Å²) >= 11 is 0. The Kier molecular flexibility index (Phi) is 4.42. The Morgan fingerprint density at radius 1 is 1.13 bits per heavy atom. The zero-order valence-electron chi connectivity index (χ0n) is 12.5. The van der Waals surface area contributed by atoms with Gasteiger partial charge >= 0.3 is 0 Å². The van der Waals surface area contributed by atoms with Crippen molar-refractivity contribution < 1.29 is 4.79 Å². The summed E-state index contributed by atoms with van der Waals surface area (Å²) in [4.78, 5) is 34.9. The molecule has 0 aliphatic rings. The van der Waals surface area contributed by atoms with Crippen molar-refractivity contribution in [2.75, 3.05) is 0 Å². The van der Waals surface area contributed by atoms with Crippen molar-refractivity contribution >= 4 is 16.9 Å². The maximum absolute atomic E-state index is 12.0. The van der Waals surface area contributed by atoms with E-state index in [1.54, 1.807) is 18.5 Å². The number of pyridine rings is 1. The molecule has 2 aromatic heterocycles. The normalized spacial score (nSPS) is 10.6. The van der Waals surface area contributed by atoms with Crippen LogP contribution in [0, 0.1) is 0 Å². The predicted molar refractivity (Wildman–Crippen MR) is 86.8 cm³/mol. The highest BCUT2D eigenvalue weighted by Gasteiger charge is 2.08. The molecule has 0 aliphatic heterocycles. The molecule has 116 valence electrons. The molecule has 3 rings (SSSR count). The van der Waals surface area contributed by atoms with Gasteiger partial charge < -0.3 is 10.3 Å². The topological polar surface area (TPSA) is 87.7 Å². The van der Waals surface area contributed by atoms with E-state index >= 15 is 0 Å². The number of para-hydroxylation sites is 2. The zero-order chi connectivity index (χ0) is 16.1. The minimum absolute atomic E-state index is 0.115. The van der Waals surface area contributed by atoms with Gasteiger partial charge in [-0.3, -0.25) is 14.6 Å². The van der Waals surface area contributed by atoms with E-state index in [2.05, 4.69) is 20.3 Å². The van der Waals surface area contributed by atoms with E-state index in [0.29, 0.717) is 24.2 Å². The predicted octanol–water partition coefficient (Wildman–Crippen LogP) is 1.57. The third-order valence-corrected chi connectivity index (χ3v) is 3.50. The monoisotopic (exact) mass is 308 g/mol. The van der Waals surface area contributed by atoms with Gasteiger partial charge in [0.05, 0.1) is 11.0 Å². The second-order valence-corrected chi connectivity index (χ2v) is 5.16. The first-order chi connectivity index (χ1) is 11.2. The van der Waals surface area contributed by atoms with Gasteiger partial charge in [0.25, 0.3) is 5.56 Å². The highest BCUT2D eigenvalue weighted by Crippen LogP contribution is 2.06. The maximum Gasteiger partial charge on any atom is 0.270 e. The van der Waals surface area contributed by atoms with Crippen LogP contribution in [0.4, 0.5) is 0 Å². The number of hydrogen-bond donors (Lipinski definition) is 2. The smallest absolute Gasteiger partial charge is 0.270 e. The van der Waals surface area contributed by atoms with Gasteiger partial charge in [-0.05, 0) is 29.8 Å². The number of benzene rings is 1. The van der Waals surface area contributed by atoms with Crippen LogP contribution in [0.5, 0.6) is 0 Å². The van der Waals surface area contributed by atoms with Crippen LogP contribution in [-0.4, -0.2) is 20.9 Å². The van der Waals surface area contributed by atoms with E-state index in [9.17, 15) is 9.59 Å². The number of nitrogens with one attached hydrogen (secondary N) is 2. The van der Waals surface area contributed by atoms with E-state index in [0.717, 1.165) is 11.1 Å². The summed E-state index contributed by atoms with van der Waals surface area (Å²) in [6.45, 7) is 0.447. The summed E-state index contributed by atoms with van der Waals surface area (Å²) in [6, 6.07) is 11.0. The molecule has 6 nitrogen and oxygen atoms in total. The number of aromatic nitrogens is 3. The first kappa shape index (κ1) is 14.9. The lowest BCUT2D eigenvalue weighted by atomic mass is 10.2. The SMILES string of the molecule is O=C(CCc1nc2ccccc2[nH]c1=O)NCc1ccncc1. The molecule has 0 radical (unpaired) electrons. The van der Waals surface area contributed by atoms with Crippen molar-refractivity contribution in [2.24, 2.45) is 0 Å². The number of aryl methyl sites for hydroxylation is 1. The summed E-state index contributed by atoms with van der Waals surface area (Å²) in [5, 5.41) is 2.82. The highest BCUT2D eigenvalue weighted by molar-refractivity contribution is 5.76. The Bertz CT molecular complexity index is 874. The van der Waals surface area contributed by atoms with Gasteiger partial charge in [0.15, 0.2) is 0 Å². The van der Waals surface area contributed by atoms with Gasteiger partial charge in [-0.15, -0.1) is 0 Å². The van der Waals surface area contributed by atoms with Gasteiger partial charge in [0, 0.05) is 31.8 Å². The van der Waals surface area contributed by atoms with Crippen LogP contribution in [0.2, 0.25) is 0 Å². The quantitative estimate of drug-likeness (QED) is 0.749. The summed E-state index contributed by atoms with van der Waals surface area (Å²) in [5.74, 6) is -0.115. The number of carbonyl (C=O) groups is 1. The number of nitrogens with zero attached hydrogens (tertiary/aromatic N) is 2. The Labute approximate surface area is 132 Å². The second kappa shape index (κ2) is 6.83. The molecule has 2 N–H and O–H groups in total. The van der Waals surface area contributed by atoms with Gasteiger partial charge in [0.1, 0.15) is 5.69 Å². The molecule has 0 saturated heterocycles. The Morgan fingerprint density at radius 2 is 1.91 bits per heavy atom. The highest BCUT2D eigenvalue weighted by atomic mass is 16.1. The fraction of sp³-hybridized carbons (Fsp3) is 0.176. The molecule has 1 amide bonds. The first-order valence-electron chi connectivity index (χ1n) is 7.36. The Hall–Kier alpha value is -3.02. The zero-order valence-corrected chi connectivity index (χ0v) is 12.5. The third-order valence-electron chi connectivity index (χ3n) is 3.50. The van der Waals surface area contributed by atoms with Crippen LogP contribution in [0.1, 0.15) is 17.7 Å². The molecular formula is C17H16N4O2. The molecule has 0 aliphatic carbocycles. The molecule has 1 aromatic carbocycles. The van der Waals surface area contributed by atoms with Crippen LogP contribution in [0.3, 0.4) is 0 Å². The lowest BCUT2D eigenvalue weighted by Crippen LogP contribution is -2.24. The minimum Gasteiger partial charge on any atom is -0.352 e. The van der Waals surface area contributed by atoms with Crippen LogP contribution in [-0.2, 0) is 17.8 Å². The number of aromatic amines is 1. The molecule has 0 fully saturated rings. The molecule has 0 atom stereocenters. The van der Waals surface area contributed by atoms with E-state index in [1.807, 2.05) is 30.3 Å². The van der Waals surface area contributed by atoms with Gasteiger partial charge in [-0.25, -0.2) is 4.98 Å². The number of carbonyl (C=O) groups excluding carboxylic acids is 1. The number of amides is 1. The molecule has 6 heteroatoms. The van der Waals surface area contributed by atoms with E-state index in [4.69, 9.17) is 0 Å². The van der Waals surface area contributed by atoms with Crippen molar-refractivity contribution in [1.29, 1.82) is 0 Å². The molecule has 0 bridgehead atoms. The van der Waals surface area contributed by atoms with Crippen molar-refractivity contribution in [2.45, 2.75) is 19.4 Å². The average molecular weight is 308 g/mol. The summed E-state index contributed by atoms with van der Waals surface area (Å²) in [7, 11) is 0. The van der Waals surface area contributed by atoms with Crippen molar-refractivity contribution in [3.63, 3.8) is 0 Å². The lowest BCUT2D eigenvalue weighted by molar-refractivity contribution is -0.121. The second-order valence-electron chi connectivity index (χ2n) is 5.16. The fourth-order valence-electron chi connectivity index (χ4n) is 2.26. The lowest BCUT2D eigenvalue weighted by Gasteiger charge is -2.05. The van der Waals surface area contributed by atoms with Crippen LogP contribution < -0.4 is 10.9 Å². The largest absolute Gasteiger partial charge is 0.352 e. The Morgan fingerprint density at radius 3 is 2.74 bits per heavy atom. The average Bonchev–Trinajstić information content (AvgIpc) is 2.59. The van der Waals surface area contributed by atoms with Crippen molar-refractivity contribution in [3.05, 3.63) is 70.4 Å². The van der Waals surface area contributed by atoms with E-state index in [-0.39, 0.29) is 17.9 Å².